The van der Waals surface area contributed by atoms with Gasteiger partial charge in [0.1, 0.15) is 6.04 Å². The van der Waals surface area contributed by atoms with Crippen molar-refractivity contribution < 1.29 is 14.7 Å². The Labute approximate surface area is 95.0 Å². The molecule has 0 saturated carbocycles. The summed E-state index contributed by atoms with van der Waals surface area (Å²) < 4.78 is 0. The number of carboxylic acid groups (broad SMARTS) is 1. The molecule has 0 aromatic heterocycles. The highest BCUT2D eigenvalue weighted by Gasteiger charge is 2.19. The Morgan fingerprint density at radius 1 is 1.44 bits per heavy atom. The molecule has 3 N–H and O–H groups in total. The second-order valence-corrected chi connectivity index (χ2v) is 3.89. The van der Waals surface area contributed by atoms with Crippen molar-refractivity contribution in [1.29, 1.82) is 0 Å². The molecule has 0 aliphatic carbocycles. The number of carbonyl (C=O) groups excluding carboxylic acids is 1. The van der Waals surface area contributed by atoms with Gasteiger partial charge in [-0.1, -0.05) is 6.92 Å². The average Bonchev–Trinajstić information content (AvgIpc) is 2.27. The molecule has 1 aliphatic rings. The number of piperazine rings is 1. The first-order valence-electron chi connectivity index (χ1n) is 5.58. The third-order valence-corrected chi connectivity index (χ3v) is 2.62. The second kappa shape index (κ2) is 6.44. The summed E-state index contributed by atoms with van der Waals surface area (Å²) >= 11 is 0. The number of nitrogens with zero attached hydrogens (tertiary/aromatic N) is 1. The summed E-state index contributed by atoms with van der Waals surface area (Å²) in [5.74, 6) is -1.19. The van der Waals surface area contributed by atoms with E-state index in [0.29, 0.717) is 6.42 Å². The summed E-state index contributed by atoms with van der Waals surface area (Å²) in [5, 5.41) is 14.5. The molecule has 6 nitrogen and oxygen atoms in total. The van der Waals surface area contributed by atoms with Crippen LogP contribution in [0, 0.1) is 0 Å². The standard InChI is InChI=1S/C10H19N3O3/c1-2-8(10(15)16)12-9(14)7-13-5-3-11-4-6-13/h8,11H,2-7H2,1H3,(H,12,14)(H,15,16)/t8-/m0/s1. The van der Waals surface area contributed by atoms with Gasteiger partial charge in [-0.05, 0) is 6.42 Å². The molecule has 1 atom stereocenters. The lowest BCUT2D eigenvalue weighted by molar-refractivity contribution is -0.142. The predicted octanol–water partition coefficient (Wildman–Crippen LogP) is -1.13. The van der Waals surface area contributed by atoms with Crippen LogP contribution in [0.15, 0.2) is 0 Å². The Hall–Kier alpha value is -1.14. The van der Waals surface area contributed by atoms with Gasteiger partial charge < -0.3 is 15.7 Å². The monoisotopic (exact) mass is 229 g/mol. The highest BCUT2D eigenvalue weighted by atomic mass is 16.4. The lowest BCUT2D eigenvalue weighted by Gasteiger charge is -2.26. The van der Waals surface area contributed by atoms with E-state index in [-0.39, 0.29) is 12.5 Å². The van der Waals surface area contributed by atoms with E-state index in [1.807, 2.05) is 4.90 Å². The zero-order chi connectivity index (χ0) is 12.0. The second-order valence-electron chi connectivity index (χ2n) is 3.89. The zero-order valence-corrected chi connectivity index (χ0v) is 9.53. The van der Waals surface area contributed by atoms with Gasteiger partial charge in [0, 0.05) is 26.2 Å². The maximum atomic E-state index is 11.5. The van der Waals surface area contributed by atoms with E-state index in [4.69, 9.17) is 5.11 Å². The molecule has 92 valence electrons. The molecule has 1 amide bonds. The van der Waals surface area contributed by atoms with E-state index < -0.39 is 12.0 Å². The number of aliphatic carboxylic acids is 1. The average molecular weight is 229 g/mol. The molecule has 1 aliphatic heterocycles. The van der Waals surface area contributed by atoms with Crippen LogP contribution in [-0.4, -0.2) is 60.6 Å². The third kappa shape index (κ3) is 4.16. The van der Waals surface area contributed by atoms with Crippen molar-refractivity contribution in [2.75, 3.05) is 32.7 Å². The van der Waals surface area contributed by atoms with Crippen LogP contribution in [0.2, 0.25) is 0 Å². The summed E-state index contributed by atoms with van der Waals surface area (Å²) in [5.41, 5.74) is 0. The molecule has 1 saturated heterocycles. The fourth-order valence-electron chi connectivity index (χ4n) is 1.65. The van der Waals surface area contributed by atoms with Gasteiger partial charge in [0.25, 0.3) is 0 Å². The van der Waals surface area contributed by atoms with Gasteiger partial charge in [0.2, 0.25) is 5.91 Å². The molecule has 0 bridgehead atoms. The number of carboxylic acids is 1. The Balaban J connectivity index is 2.31. The number of rotatable bonds is 5. The maximum Gasteiger partial charge on any atom is 0.326 e. The van der Waals surface area contributed by atoms with E-state index in [1.165, 1.54) is 0 Å². The molecular weight excluding hydrogens is 210 g/mol. The Bertz CT molecular complexity index is 252. The molecule has 0 aromatic carbocycles. The molecule has 0 radical (unpaired) electrons. The fraction of sp³-hybridized carbons (Fsp3) is 0.800. The zero-order valence-electron chi connectivity index (χ0n) is 9.53. The Morgan fingerprint density at radius 3 is 2.56 bits per heavy atom. The van der Waals surface area contributed by atoms with E-state index in [2.05, 4.69) is 10.6 Å². The summed E-state index contributed by atoms with van der Waals surface area (Å²) in [4.78, 5) is 24.3. The molecule has 1 heterocycles. The fourth-order valence-corrected chi connectivity index (χ4v) is 1.65. The molecule has 16 heavy (non-hydrogen) atoms. The quantitative estimate of drug-likeness (QED) is 0.556. The molecule has 1 fully saturated rings. The van der Waals surface area contributed by atoms with Crippen molar-refractivity contribution in [3.05, 3.63) is 0 Å². The first-order chi connectivity index (χ1) is 7.63. The van der Waals surface area contributed by atoms with Crippen LogP contribution in [0.4, 0.5) is 0 Å². The van der Waals surface area contributed by atoms with Crippen molar-refractivity contribution in [3.63, 3.8) is 0 Å². The van der Waals surface area contributed by atoms with Crippen LogP contribution in [-0.2, 0) is 9.59 Å². The van der Waals surface area contributed by atoms with Gasteiger partial charge in [0.15, 0.2) is 0 Å². The molecule has 0 aromatic rings. The van der Waals surface area contributed by atoms with Crippen molar-refractivity contribution >= 4 is 11.9 Å². The van der Waals surface area contributed by atoms with Crippen LogP contribution < -0.4 is 10.6 Å². The molecule has 1 rings (SSSR count). The van der Waals surface area contributed by atoms with E-state index in [9.17, 15) is 9.59 Å². The SMILES string of the molecule is CC[C@H](NC(=O)CN1CCNCC1)C(=O)O. The Morgan fingerprint density at radius 2 is 2.06 bits per heavy atom. The van der Waals surface area contributed by atoms with Crippen molar-refractivity contribution in [2.24, 2.45) is 0 Å². The number of carbonyl (C=O) groups is 2. The van der Waals surface area contributed by atoms with Crippen LogP contribution in [0.25, 0.3) is 0 Å². The van der Waals surface area contributed by atoms with Crippen LogP contribution in [0.5, 0.6) is 0 Å². The summed E-state index contributed by atoms with van der Waals surface area (Å²) in [6.07, 6.45) is 0.405. The molecule has 6 heteroatoms. The van der Waals surface area contributed by atoms with Crippen molar-refractivity contribution in [2.45, 2.75) is 19.4 Å². The van der Waals surface area contributed by atoms with Gasteiger partial charge >= 0.3 is 5.97 Å². The van der Waals surface area contributed by atoms with E-state index in [0.717, 1.165) is 26.2 Å². The first-order valence-corrected chi connectivity index (χ1v) is 5.58. The lowest BCUT2D eigenvalue weighted by atomic mass is 10.2. The van der Waals surface area contributed by atoms with Gasteiger partial charge in [-0.25, -0.2) is 4.79 Å². The van der Waals surface area contributed by atoms with E-state index >= 15 is 0 Å². The van der Waals surface area contributed by atoms with Gasteiger partial charge in [-0.3, -0.25) is 9.69 Å². The Kier molecular flexibility index (Phi) is 5.21. The van der Waals surface area contributed by atoms with Crippen LogP contribution in [0.1, 0.15) is 13.3 Å². The van der Waals surface area contributed by atoms with Crippen molar-refractivity contribution in [3.8, 4) is 0 Å². The smallest absolute Gasteiger partial charge is 0.326 e. The maximum absolute atomic E-state index is 11.5. The normalized spacial score (nSPS) is 19.1. The number of hydrogen-bond donors (Lipinski definition) is 3. The lowest BCUT2D eigenvalue weighted by Crippen LogP contribution is -2.50. The predicted molar refractivity (Wildman–Crippen MR) is 59.2 cm³/mol. The number of hydrogen-bond acceptors (Lipinski definition) is 4. The largest absolute Gasteiger partial charge is 0.480 e. The van der Waals surface area contributed by atoms with Crippen molar-refractivity contribution in [1.82, 2.24) is 15.5 Å². The highest BCUT2D eigenvalue weighted by Crippen LogP contribution is 1.94. The summed E-state index contributed by atoms with van der Waals surface area (Å²) in [6, 6.07) is -0.768. The number of amides is 1. The van der Waals surface area contributed by atoms with Crippen LogP contribution in [0.3, 0.4) is 0 Å². The minimum Gasteiger partial charge on any atom is -0.480 e. The van der Waals surface area contributed by atoms with Crippen LogP contribution >= 0.6 is 0 Å². The topological polar surface area (TPSA) is 81.7 Å². The molecule has 0 unspecified atom stereocenters. The third-order valence-electron chi connectivity index (χ3n) is 2.62. The molecular formula is C10H19N3O3. The van der Waals surface area contributed by atoms with Gasteiger partial charge in [0.05, 0.1) is 6.54 Å². The van der Waals surface area contributed by atoms with Gasteiger partial charge in [-0.2, -0.15) is 0 Å². The first kappa shape index (κ1) is 12.9. The minimum absolute atomic E-state index is 0.212. The minimum atomic E-state index is -0.976. The summed E-state index contributed by atoms with van der Waals surface area (Å²) in [7, 11) is 0. The highest BCUT2D eigenvalue weighted by molar-refractivity contribution is 5.84. The number of nitrogens with one attached hydrogen (secondary N) is 2. The van der Waals surface area contributed by atoms with Gasteiger partial charge in [-0.15, -0.1) is 0 Å². The molecule has 0 spiro atoms. The van der Waals surface area contributed by atoms with E-state index in [1.54, 1.807) is 6.92 Å². The summed E-state index contributed by atoms with van der Waals surface area (Å²) in [6.45, 7) is 5.44.